The molecule has 3 aromatic rings. The first kappa shape index (κ1) is 21.4. The van der Waals surface area contributed by atoms with Crippen LogP contribution >= 0.6 is 0 Å². The fourth-order valence-corrected chi connectivity index (χ4v) is 4.47. The molecule has 1 saturated heterocycles. The van der Waals surface area contributed by atoms with Crippen molar-refractivity contribution in [2.45, 2.75) is 51.6 Å². The van der Waals surface area contributed by atoms with Crippen LogP contribution in [0.1, 0.15) is 60.1 Å². The number of carbonyl (C=O) groups is 1. The van der Waals surface area contributed by atoms with E-state index in [4.69, 9.17) is 0 Å². The maximum atomic E-state index is 13.1. The second-order valence-corrected chi connectivity index (χ2v) is 8.67. The van der Waals surface area contributed by atoms with Gasteiger partial charge in [0.2, 0.25) is 0 Å². The summed E-state index contributed by atoms with van der Waals surface area (Å²) in [5, 5.41) is 12.7. The number of anilines is 1. The number of hydrogen-bond donors (Lipinski definition) is 3. The van der Waals surface area contributed by atoms with Crippen molar-refractivity contribution < 1.29 is 4.79 Å². The van der Waals surface area contributed by atoms with E-state index in [2.05, 4.69) is 59.3 Å². The third-order valence-corrected chi connectivity index (χ3v) is 6.33. The van der Waals surface area contributed by atoms with Gasteiger partial charge in [0.05, 0.1) is 6.04 Å². The minimum atomic E-state index is -0.0789. The first-order valence-corrected chi connectivity index (χ1v) is 11.5. The van der Waals surface area contributed by atoms with E-state index in [0.717, 1.165) is 35.5 Å². The Morgan fingerprint density at radius 3 is 2.81 bits per heavy atom. The maximum absolute atomic E-state index is 13.1. The Hall–Kier alpha value is -2.85. The summed E-state index contributed by atoms with van der Waals surface area (Å²) in [5.74, 6) is -0.0332. The highest BCUT2D eigenvalue weighted by molar-refractivity contribution is 5.97. The van der Waals surface area contributed by atoms with Crippen molar-refractivity contribution in [3.8, 4) is 0 Å². The van der Waals surface area contributed by atoms with Gasteiger partial charge in [-0.3, -0.25) is 4.79 Å². The largest absolute Gasteiger partial charge is 0.383 e. The van der Waals surface area contributed by atoms with Crippen molar-refractivity contribution in [1.82, 2.24) is 10.6 Å². The Labute approximate surface area is 185 Å². The van der Waals surface area contributed by atoms with Crippen molar-refractivity contribution in [2.24, 2.45) is 0 Å². The molecular formula is C27H33N3O. The van der Waals surface area contributed by atoms with E-state index in [1.54, 1.807) is 0 Å². The molecule has 31 heavy (non-hydrogen) atoms. The van der Waals surface area contributed by atoms with Gasteiger partial charge in [0, 0.05) is 23.8 Å². The molecule has 4 heteroatoms. The molecule has 1 amide bonds. The van der Waals surface area contributed by atoms with E-state index in [1.165, 1.54) is 36.5 Å². The van der Waals surface area contributed by atoms with Gasteiger partial charge in [-0.05, 0) is 67.3 Å². The zero-order chi connectivity index (χ0) is 21.6. The topological polar surface area (TPSA) is 53.2 Å². The van der Waals surface area contributed by atoms with Gasteiger partial charge >= 0.3 is 0 Å². The molecule has 0 bridgehead atoms. The fraction of sp³-hybridized carbons (Fsp3) is 0.370. The molecule has 2 atom stereocenters. The SMILES string of the molecule is Cc1ccc(NC[C@@H]2CCCCCN2)cc1C(=O)N[C@H](C)c1cccc2ccccc12. The van der Waals surface area contributed by atoms with Crippen LogP contribution in [0.3, 0.4) is 0 Å². The van der Waals surface area contributed by atoms with Crippen LogP contribution in [0.5, 0.6) is 0 Å². The van der Waals surface area contributed by atoms with Crippen molar-refractivity contribution in [3.63, 3.8) is 0 Å². The van der Waals surface area contributed by atoms with Crippen LogP contribution in [0, 0.1) is 6.92 Å². The third-order valence-electron chi connectivity index (χ3n) is 6.33. The van der Waals surface area contributed by atoms with Crippen LogP contribution in [0.15, 0.2) is 60.7 Å². The lowest BCUT2D eigenvalue weighted by Gasteiger charge is -2.19. The van der Waals surface area contributed by atoms with Crippen LogP contribution < -0.4 is 16.0 Å². The van der Waals surface area contributed by atoms with Crippen molar-refractivity contribution in [1.29, 1.82) is 0 Å². The number of nitrogens with one attached hydrogen (secondary N) is 3. The summed E-state index contributed by atoms with van der Waals surface area (Å²) in [6.45, 7) is 6.03. The fourth-order valence-electron chi connectivity index (χ4n) is 4.47. The number of hydrogen-bond acceptors (Lipinski definition) is 3. The van der Waals surface area contributed by atoms with Gasteiger partial charge in [-0.2, -0.15) is 0 Å². The minimum Gasteiger partial charge on any atom is -0.383 e. The Bertz CT molecular complexity index is 1030. The minimum absolute atomic E-state index is 0.0332. The van der Waals surface area contributed by atoms with Gasteiger partial charge in [-0.1, -0.05) is 61.4 Å². The lowest BCUT2D eigenvalue weighted by Crippen LogP contribution is -2.34. The zero-order valence-corrected chi connectivity index (χ0v) is 18.6. The van der Waals surface area contributed by atoms with Crippen LogP contribution in [-0.4, -0.2) is 25.0 Å². The molecule has 1 heterocycles. The number of rotatable bonds is 6. The van der Waals surface area contributed by atoms with Crippen LogP contribution in [0.25, 0.3) is 10.8 Å². The van der Waals surface area contributed by atoms with E-state index in [9.17, 15) is 4.79 Å². The standard InChI is InChI=1S/C27H33N3O/c1-19-14-15-22(29-18-23-11-4-3-7-16-28-23)17-26(19)27(31)30-20(2)24-13-8-10-21-9-5-6-12-25(21)24/h5-6,8-10,12-15,17,20,23,28-29H,3-4,7,11,16,18H2,1-2H3,(H,30,31)/t20-,23+/m1/s1. The van der Waals surface area contributed by atoms with Crippen LogP contribution in [0.2, 0.25) is 0 Å². The molecule has 0 aromatic heterocycles. The first-order valence-electron chi connectivity index (χ1n) is 11.5. The summed E-state index contributed by atoms with van der Waals surface area (Å²) in [4.78, 5) is 13.1. The maximum Gasteiger partial charge on any atom is 0.252 e. The molecule has 1 aliphatic rings. The third kappa shape index (κ3) is 5.26. The van der Waals surface area contributed by atoms with Gasteiger partial charge < -0.3 is 16.0 Å². The second kappa shape index (κ2) is 9.97. The zero-order valence-electron chi connectivity index (χ0n) is 18.6. The summed E-state index contributed by atoms with van der Waals surface area (Å²) < 4.78 is 0. The predicted octanol–water partition coefficient (Wildman–Crippen LogP) is 5.58. The summed E-state index contributed by atoms with van der Waals surface area (Å²) in [6.07, 6.45) is 5.06. The molecule has 3 N–H and O–H groups in total. The lowest BCUT2D eigenvalue weighted by atomic mass is 9.99. The number of amides is 1. The van der Waals surface area contributed by atoms with Crippen molar-refractivity contribution in [2.75, 3.05) is 18.4 Å². The highest BCUT2D eigenvalue weighted by Crippen LogP contribution is 2.25. The molecule has 4 rings (SSSR count). The summed E-state index contributed by atoms with van der Waals surface area (Å²) >= 11 is 0. The predicted molar refractivity (Wildman–Crippen MR) is 130 cm³/mol. The second-order valence-electron chi connectivity index (χ2n) is 8.67. The number of aryl methyl sites for hydroxylation is 1. The van der Waals surface area contributed by atoms with Gasteiger partial charge in [0.1, 0.15) is 0 Å². The Morgan fingerprint density at radius 2 is 1.90 bits per heavy atom. The number of benzene rings is 3. The Morgan fingerprint density at radius 1 is 1.06 bits per heavy atom. The molecule has 1 fully saturated rings. The molecule has 4 nitrogen and oxygen atoms in total. The molecule has 0 spiro atoms. The Balaban J connectivity index is 1.45. The van der Waals surface area contributed by atoms with Crippen LogP contribution in [0.4, 0.5) is 5.69 Å². The average molecular weight is 416 g/mol. The molecule has 1 aliphatic heterocycles. The molecule has 0 unspecified atom stereocenters. The van der Waals surface area contributed by atoms with Gasteiger partial charge in [-0.25, -0.2) is 0 Å². The van der Waals surface area contributed by atoms with E-state index in [-0.39, 0.29) is 11.9 Å². The molecule has 0 aliphatic carbocycles. The Kier molecular flexibility index (Phi) is 6.88. The van der Waals surface area contributed by atoms with E-state index in [0.29, 0.717) is 6.04 Å². The van der Waals surface area contributed by atoms with Gasteiger partial charge in [-0.15, -0.1) is 0 Å². The first-order chi connectivity index (χ1) is 15.1. The number of carbonyl (C=O) groups excluding carboxylic acids is 1. The lowest BCUT2D eigenvalue weighted by molar-refractivity contribution is 0.0939. The van der Waals surface area contributed by atoms with E-state index >= 15 is 0 Å². The quantitative estimate of drug-likeness (QED) is 0.492. The smallest absolute Gasteiger partial charge is 0.252 e. The average Bonchev–Trinajstić information content (AvgIpc) is 3.07. The molecule has 162 valence electrons. The van der Waals surface area contributed by atoms with Gasteiger partial charge in [0.25, 0.3) is 5.91 Å². The summed E-state index contributed by atoms with van der Waals surface area (Å²) in [5.41, 5.74) is 3.85. The molecular weight excluding hydrogens is 382 g/mol. The van der Waals surface area contributed by atoms with E-state index < -0.39 is 0 Å². The molecule has 3 aromatic carbocycles. The normalized spacial score (nSPS) is 17.7. The summed E-state index contributed by atoms with van der Waals surface area (Å²) in [6, 6.07) is 21.1. The van der Waals surface area contributed by atoms with Crippen molar-refractivity contribution >= 4 is 22.4 Å². The van der Waals surface area contributed by atoms with Gasteiger partial charge in [0.15, 0.2) is 0 Å². The summed E-state index contributed by atoms with van der Waals surface area (Å²) in [7, 11) is 0. The molecule has 0 saturated carbocycles. The highest BCUT2D eigenvalue weighted by Gasteiger charge is 2.16. The molecule has 0 radical (unpaired) electrons. The number of fused-ring (bicyclic) bond motifs is 1. The van der Waals surface area contributed by atoms with E-state index in [1.807, 2.05) is 31.2 Å². The van der Waals surface area contributed by atoms with Crippen molar-refractivity contribution in [3.05, 3.63) is 77.4 Å². The monoisotopic (exact) mass is 415 g/mol. The van der Waals surface area contributed by atoms with Crippen LogP contribution in [-0.2, 0) is 0 Å². The highest BCUT2D eigenvalue weighted by atomic mass is 16.1.